The summed E-state index contributed by atoms with van der Waals surface area (Å²) in [7, 11) is -3.99. The third-order valence-corrected chi connectivity index (χ3v) is 7.03. The largest absolute Gasteiger partial charge is 0.341 e. The predicted molar refractivity (Wildman–Crippen MR) is 91.1 cm³/mol. The van der Waals surface area contributed by atoms with Gasteiger partial charge < -0.3 is 4.90 Å². The molecule has 8 heteroatoms. The van der Waals surface area contributed by atoms with Crippen LogP contribution in [0.1, 0.15) is 12.8 Å². The van der Waals surface area contributed by atoms with Gasteiger partial charge in [0.2, 0.25) is 5.91 Å². The highest BCUT2D eigenvalue weighted by Gasteiger charge is 2.31. The summed E-state index contributed by atoms with van der Waals surface area (Å²) in [5.41, 5.74) is -0.113. The number of amides is 1. The monoisotopic (exact) mass is 368 g/mol. The normalized spacial score (nSPS) is 14.8. The summed E-state index contributed by atoms with van der Waals surface area (Å²) < 4.78 is 41.0. The molecule has 3 rings (SSSR count). The van der Waals surface area contributed by atoms with E-state index in [0.717, 1.165) is 28.5 Å². The van der Waals surface area contributed by atoms with Crippen LogP contribution in [0.2, 0.25) is 0 Å². The van der Waals surface area contributed by atoms with Crippen LogP contribution in [0.15, 0.2) is 46.0 Å². The van der Waals surface area contributed by atoms with Gasteiger partial charge in [0.25, 0.3) is 10.0 Å². The minimum absolute atomic E-state index is 0.0833. The minimum atomic E-state index is -3.99. The van der Waals surface area contributed by atoms with Gasteiger partial charge in [-0.05, 0) is 36.4 Å². The number of likely N-dealkylation sites (tertiary alicyclic amines) is 1. The topological polar surface area (TPSA) is 57.7 Å². The van der Waals surface area contributed by atoms with E-state index >= 15 is 0 Å². The highest BCUT2D eigenvalue weighted by atomic mass is 32.2. The average Bonchev–Trinajstić information content (AvgIpc) is 3.26. The zero-order valence-corrected chi connectivity index (χ0v) is 14.5. The van der Waals surface area contributed by atoms with Crippen molar-refractivity contribution in [1.29, 1.82) is 0 Å². The van der Waals surface area contributed by atoms with Gasteiger partial charge in [-0.15, -0.1) is 11.3 Å². The van der Waals surface area contributed by atoms with E-state index in [1.54, 1.807) is 22.4 Å². The van der Waals surface area contributed by atoms with E-state index in [0.29, 0.717) is 13.1 Å². The van der Waals surface area contributed by atoms with Crippen molar-refractivity contribution in [1.82, 2.24) is 4.90 Å². The Hall–Kier alpha value is -1.93. The van der Waals surface area contributed by atoms with Crippen molar-refractivity contribution in [2.45, 2.75) is 17.1 Å². The zero-order chi connectivity index (χ0) is 17.2. The van der Waals surface area contributed by atoms with E-state index in [1.807, 2.05) is 0 Å². The molecule has 0 aliphatic carbocycles. The molecule has 1 saturated heterocycles. The number of benzene rings is 1. The number of hydrogen-bond acceptors (Lipinski definition) is 4. The fourth-order valence-corrected chi connectivity index (χ4v) is 5.19. The molecule has 1 aromatic heterocycles. The van der Waals surface area contributed by atoms with E-state index in [-0.39, 0.29) is 15.8 Å². The first kappa shape index (κ1) is 16.9. The molecule has 0 saturated carbocycles. The Morgan fingerprint density at radius 3 is 2.50 bits per heavy atom. The average molecular weight is 368 g/mol. The van der Waals surface area contributed by atoms with Crippen molar-refractivity contribution in [3.05, 3.63) is 47.6 Å². The van der Waals surface area contributed by atoms with Crippen molar-refractivity contribution in [3.63, 3.8) is 0 Å². The predicted octanol–water partition coefficient (Wildman–Crippen LogP) is 2.70. The zero-order valence-electron chi connectivity index (χ0n) is 12.9. The molecular weight excluding hydrogens is 351 g/mol. The molecule has 24 heavy (non-hydrogen) atoms. The number of thiophene rings is 1. The standard InChI is InChI=1S/C16H17FN2O3S2/c17-13-6-1-2-7-14(13)19(12-15(20)18-9-3-4-10-18)24(21,22)16-8-5-11-23-16/h1-2,5-8,11H,3-4,9-10,12H2. The maximum Gasteiger partial charge on any atom is 0.274 e. The Kier molecular flexibility index (Phi) is 4.86. The van der Waals surface area contributed by atoms with Crippen molar-refractivity contribution in [2.24, 2.45) is 0 Å². The molecule has 1 aliphatic heterocycles. The summed E-state index contributed by atoms with van der Waals surface area (Å²) in [5, 5.41) is 1.63. The van der Waals surface area contributed by atoms with E-state index in [2.05, 4.69) is 0 Å². The Morgan fingerprint density at radius 1 is 1.17 bits per heavy atom. The number of hydrogen-bond donors (Lipinski definition) is 0. The van der Waals surface area contributed by atoms with Gasteiger partial charge in [0, 0.05) is 13.1 Å². The van der Waals surface area contributed by atoms with Crippen LogP contribution >= 0.6 is 11.3 Å². The maximum absolute atomic E-state index is 14.2. The molecular formula is C16H17FN2O3S2. The number of carbonyl (C=O) groups excluding carboxylic acids is 1. The van der Waals surface area contributed by atoms with Gasteiger partial charge in [-0.25, -0.2) is 12.8 Å². The number of carbonyl (C=O) groups is 1. The number of rotatable bonds is 5. The highest BCUT2D eigenvalue weighted by Crippen LogP contribution is 2.28. The second-order valence-electron chi connectivity index (χ2n) is 5.48. The SMILES string of the molecule is O=C(CN(c1ccccc1F)S(=O)(=O)c1cccs1)N1CCCC1. The first-order valence-electron chi connectivity index (χ1n) is 7.59. The lowest BCUT2D eigenvalue weighted by Gasteiger charge is -2.26. The number of para-hydroxylation sites is 1. The second kappa shape index (κ2) is 6.90. The van der Waals surface area contributed by atoms with Crippen LogP contribution in [0.5, 0.6) is 0 Å². The first-order chi connectivity index (χ1) is 11.5. The van der Waals surface area contributed by atoms with E-state index in [9.17, 15) is 17.6 Å². The lowest BCUT2D eigenvalue weighted by Crippen LogP contribution is -2.42. The van der Waals surface area contributed by atoms with Gasteiger partial charge in [0.15, 0.2) is 0 Å². The molecule has 1 amide bonds. The Bertz CT molecular complexity index is 816. The number of anilines is 1. The van der Waals surface area contributed by atoms with Gasteiger partial charge in [-0.2, -0.15) is 0 Å². The van der Waals surface area contributed by atoms with Gasteiger partial charge in [0.05, 0.1) is 5.69 Å². The molecule has 5 nitrogen and oxygen atoms in total. The fourth-order valence-electron chi connectivity index (χ4n) is 2.66. The van der Waals surface area contributed by atoms with Crippen LogP contribution in [0.3, 0.4) is 0 Å². The summed E-state index contributed by atoms with van der Waals surface area (Å²) >= 11 is 1.04. The number of halogens is 1. The molecule has 0 spiro atoms. The van der Waals surface area contributed by atoms with Crippen LogP contribution in [0.4, 0.5) is 10.1 Å². The minimum Gasteiger partial charge on any atom is -0.341 e. The molecule has 1 aliphatic rings. The number of sulfonamides is 1. The second-order valence-corrected chi connectivity index (χ2v) is 8.52. The highest BCUT2D eigenvalue weighted by molar-refractivity contribution is 7.94. The lowest BCUT2D eigenvalue weighted by molar-refractivity contribution is -0.128. The summed E-state index contributed by atoms with van der Waals surface area (Å²) in [4.78, 5) is 14.1. The molecule has 1 aromatic carbocycles. The van der Waals surface area contributed by atoms with Gasteiger partial charge in [-0.3, -0.25) is 9.10 Å². The van der Waals surface area contributed by atoms with Crippen LogP contribution < -0.4 is 4.31 Å². The molecule has 2 heterocycles. The van der Waals surface area contributed by atoms with Crippen LogP contribution in [-0.2, 0) is 14.8 Å². The molecule has 0 atom stereocenters. The van der Waals surface area contributed by atoms with Crippen molar-refractivity contribution in [2.75, 3.05) is 23.9 Å². The maximum atomic E-state index is 14.2. The van der Waals surface area contributed by atoms with Crippen molar-refractivity contribution in [3.8, 4) is 0 Å². The Labute approximate surface area is 144 Å². The molecule has 0 bridgehead atoms. The summed E-state index contributed by atoms with van der Waals surface area (Å²) in [6.07, 6.45) is 1.81. The molecule has 0 N–H and O–H groups in total. The van der Waals surface area contributed by atoms with Crippen LogP contribution in [0, 0.1) is 5.82 Å². The smallest absolute Gasteiger partial charge is 0.274 e. The van der Waals surface area contributed by atoms with Gasteiger partial charge in [0.1, 0.15) is 16.6 Å². The first-order valence-corrected chi connectivity index (χ1v) is 9.90. The van der Waals surface area contributed by atoms with Crippen molar-refractivity contribution < 1.29 is 17.6 Å². The lowest BCUT2D eigenvalue weighted by atomic mass is 10.3. The van der Waals surface area contributed by atoms with E-state index in [1.165, 1.54) is 24.3 Å². The number of nitrogens with zero attached hydrogens (tertiary/aromatic N) is 2. The van der Waals surface area contributed by atoms with Crippen LogP contribution in [-0.4, -0.2) is 38.9 Å². The molecule has 1 fully saturated rings. The fraction of sp³-hybridized carbons (Fsp3) is 0.312. The third kappa shape index (κ3) is 3.29. The Morgan fingerprint density at radius 2 is 1.88 bits per heavy atom. The molecule has 2 aromatic rings. The molecule has 0 radical (unpaired) electrons. The van der Waals surface area contributed by atoms with Crippen molar-refractivity contribution >= 4 is 33.0 Å². The molecule has 0 unspecified atom stereocenters. The van der Waals surface area contributed by atoms with E-state index < -0.39 is 22.4 Å². The third-order valence-electron chi connectivity index (χ3n) is 3.90. The molecule has 128 valence electrons. The summed E-state index contributed by atoms with van der Waals surface area (Å²) in [5.74, 6) is -0.984. The summed E-state index contributed by atoms with van der Waals surface area (Å²) in [6, 6.07) is 8.66. The Balaban J connectivity index is 1.98. The quantitative estimate of drug-likeness (QED) is 0.815. The van der Waals surface area contributed by atoms with E-state index in [4.69, 9.17) is 0 Å². The summed E-state index contributed by atoms with van der Waals surface area (Å²) in [6.45, 7) is 0.827. The van der Waals surface area contributed by atoms with Gasteiger partial charge >= 0.3 is 0 Å². The van der Waals surface area contributed by atoms with Crippen LogP contribution in [0.25, 0.3) is 0 Å². The van der Waals surface area contributed by atoms with Gasteiger partial charge in [-0.1, -0.05) is 18.2 Å².